The highest BCUT2D eigenvalue weighted by Gasteiger charge is 2.35. The van der Waals surface area contributed by atoms with Gasteiger partial charge in [0.05, 0.1) is 13.7 Å². The highest BCUT2D eigenvalue weighted by molar-refractivity contribution is 7.98. The summed E-state index contributed by atoms with van der Waals surface area (Å²) in [6.07, 6.45) is 2.02. The van der Waals surface area contributed by atoms with Crippen molar-refractivity contribution in [2.24, 2.45) is 0 Å². The Morgan fingerprint density at radius 2 is 1.95 bits per heavy atom. The number of rotatable bonds is 7. The molecule has 1 rings (SSSR count). The van der Waals surface area contributed by atoms with Crippen LogP contribution in [0.15, 0.2) is 29.2 Å². The van der Waals surface area contributed by atoms with Gasteiger partial charge in [-0.25, -0.2) is 4.79 Å². The van der Waals surface area contributed by atoms with E-state index in [0.717, 1.165) is 10.5 Å². The van der Waals surface area contributed by atoms with E-state index in [0.29, 0.717) is 13.2 Å². The quantitative estimate of drug-likeness (QED) is 0.471. The van der Waals surface area contributed by atoms with Crippen LogP contribution in [0.3, 0.4) is 0 Å². The molecule has 4 nitrogen and oxygen atoms in total. The van der Waals surface area contributed by atoms with Gasteiger partial charge in [-0.1, -0.05) is 12.1 Å². The highest BCUT2D eigenvalue weighted by atomic mass is 32.2. The van der Waals surface area contributed by atoms with E-state index in [1.165, 1.54) is 7.11 Å². The molecule has 0 saturated carbocycles. The molecule has 5 heteroatoms. The molecule has 0 amide bonds. The molecule has 0 radical (unpaired) electrons. The molecule has 19 heavy (non-hydrogen) atoms. The molecule has 0 bridgehead atoms. The van der Waals surface area contributed by atoms with Gasteiger partial charge in [-0.3, -0.25) is 5.32 Å². The Morgan fingerprint density at radius 1 is 1.32 bits per heavy atom. The van der Waals surface area contributed by atoms with Gasteiger partial charge >= 0.3 is 5.97 Å². The predicted molar refractivity (Wildman–Crippen MR) is 77.5 cm³/mol. The predicted octanol–water partition coefficient (Wildman–Crippen LogP) is 2.03. The van der Waals surface area contributed by atoms with E-state index in [4.69, 9.17) is 9.47 Å². The van der Waals surface area contributed by atoms with E-state index in [9.17, 15) is 4.79 Å². The fraction of sp³-hybridized carbons (Fsp3) is 0.500. The number of ether oxygens (including phenoxy) is 2. The third kappa shape index (κ3) is 3.96. The Labute approximate surface area is 118 Å². The first kappa shape index (κ1) is 16.0. The summed E-state index contributed by atoms with van der Waals surface area (Å²) in [6, 6.07) is 7.89. The molecule has 106 valence electrons. The maximum absolute atomic E-state index is 12.1. The summed E-state index contributed by atoms with van der Waals surface area (Å²) < 4.78 is 9.91. The molecule has 0 aliphatic carbocycles. The smallest absolute Gasteiger partial charge is 0.330 e. The summed E-state index contributed by atoms with van der Waals surface area (Å²) in [5.74, 6) is -0.305. The number of carbonyl (C=O) groups is 1. The van der Waals surface area contributed by atoms with Crippen LogP contribution in [0.1, 0.15) is 12.5 Å². The van der Waals surface area contributed by atoms with Crippen LogP contribution in [-0.2, 0) is 19.8 Å². The fourth-order valence-electron chi connectivity index (χ4n) is 1.82. The molecule has 0 fully saturated rings. The average molecular weight is 283 g/mol. The maximum atomic E-state index is 12.1. The van der Waals surface area contributed by atoms with Crippen molar-refractivity contribution in [3.63, 3.8) is 0 Å². The molecule has 0 saturated heterocycles. The van der Waals surface area contributed by atoms with Crippen molar-refractivity contribution in [2.45, 2.75) is 17.4 Å². The number of benzene rings is 1. The Bertz CT molecular complexity index is 408. The Kier molecular flexibility index (Phi) is 6.34. The molecular weight excluding hydrogens is 262 g/mol. The first-order valence-corrected chi connectivity index (χ1v) is 7.28. The summed E-state index contributed by atoms with van der Waals surface area (Å²) in [7, 11) is 3.03. The van der Waals surface area contributed by atoms with Gasteiger partial charge in [0.2, 0.25) is 0 Å². The van der Waals surface area contributed by atoms with Crippen molar-refractivity contribution in [1.82, 2.24) is 5.32 Å². The van der Waals surface area contributed by atoms with E-state index in [1.54, 1.807) is 18.9 Å². The SMILES string of the molecule is COCCNC(C)(C(=O)OC)c1ccc(SC)cc1. The van der Waals surface area contributed by atoms with Crippen molar-refractivity contribution < 1.29 is 14.3 Å². The summed E-state index contributed by atoms with van der Waals surface area (Å²) in [5.41, 5.74) is 0.0257. The van der Waals surface area contributed by atoms with Crippen LogP contribution < -0.4 is 5.32 Å². The summed E-state index contributed by atoms with van der Waals surface area (Å²) >= 11 is 1.67. The van der Waals surface area contributed by atoms with Crippen LogP contribution in [0.2, 0.25) is 0 Å². The average Bonchev–Trinajstić information content (AvgIpc) is 2.46. The van der Waals surface area contributed by atoms with Crippen LogP contribution in [0, 0.1) is 0 Å². The van der Waals surface area contributed by atoms with Crippen LogP contribution in [-0.4, -0.2) is 39.6 Å². The summed E-state index contributed by atoms with van der Waals surface area (Å²) in [4.78, 5) is 13.2. The molecule has 1 atom stereocenters. The van der Waals surface area contributed by atoms with E-state index >= 15 is 0 Å². The van der Waals surface area contributed by atoms with Crippen LogP contribution >= 0.6 is 11.8 Å². The number of esters is 1. The molecule has 1 aromatic rings. The van der Waals surface area contributed by atoms with Gasteiger partial charge in [0.25, 0.3) is 0 Å². The molecule has 0 spiro atoms. The largest absolute Gasteiger partial charge is 0.467 e. The number of hydrogen-bond donors (Lipinski definition) is 1. The lowest BCUT2D eigenvalue weighted by Gasteiger charge is -2.28. The lowest BCUT2D eigenvalue weighted by atomic mass is 9.92. The fourth-order valence-corrected chi connectivity index (χ4v) is 2.23. The van der Waals surface area contributed by atoms with E-state index in [-0.39, 0.29) is 5.97 Å². The summed E-state index contributed by atoms with van der Waals surface area (Å²) in [5, 5.41) is 3.20. The first-order valence-electron chi connectivity index (χ1n) is 6.05. The Morgan fingerprint density at radius 3 is 2.42 bits per heavy atom. The van der Waals surface area contributed by atoms with Gasteiger partial charge in [-0.15, -0.1) is 11.8 Å². The molecule has 0 heterocycles. The van der Waals surface area contributed by atoms with Crippen molar-refractivity contribution in [3.8, 4) is 0 Å². The second-order valence-corrected chi connectivity index (χ2v) is 5.14. The minimum atomic E-state index is -0.857. The number of hydrogen-bond acceptors (Lipinski definition) is 5. The van der Waals surface area contributed by atoms with E-state index < -0.39 is 5.54 Å². The normalized spacial score (nSPS) is 13.9. The monoisotopic (exact) mass is 283 g/mol. The molecule has 1 aromatic carbocycles. The lowest BCUT2D eigenvalue weighted by molar-refractivity contribution is -0.148. The van der Waals surface area contributed by atoms with Crippen LogP contribution in [0.25, 0.3) is 0 Å². The standard InChI is InChI=1S/C14H21NO3S/c1-14(13(16)18-3,15-9-10-17-2)11-5-7-12(19-4)8-6-11/h5-8,15H,9-10H2,1-4H3. The minimum Gasteiger partial charge on any atom is -0.467 e. The van der Waals surface area contributed by atoms with Gasteiger partial charge < -0.3 is 9.47 Å². The zero-order valence-corrected chi connectivity index (χ0v) is 12.7. The second-order valence-electron chi connectivity index (χ2n) is 4.26. The van der Waals surface area contributed by atoms with E-state index in [1.807, 2.05) is 37.4 Å². The van der Waals surface area contributed by atoms with E-state index in [2.05, 4.69) is 5.32 Å². The number of methoxy groups -OCH3 is 2. The Hall–Kier alpha value is -1.04. The van der Waals surface area contributed by atoms with Gasteiger partial charge in [0.1, 0.15) is 5.54 Å². The minimum absolute atomic E-state index is 0.305. The molecule has 0 aliphatic heterocycles. The number of nitrogens with one attached hydrogen (secondary N) is 1. The zero-order chi connectivity index (χ0) is 14.3. The van der Waals surface area contributed by atoms with Crippen LogP contribution in [0.5, 0.6) is 0 Å². The van der Waals surface area contributed by atoms with Crippen molar-refractivity contribution in [1.29, 1.82) is 0 Å². The molecule has 1 N–H and O–H groups in total. The molecule has 1 unspecified atom stereocenters. The number of thioether (sulfide) groups is 1. The van der Waals surface area contributed by atoms with Gasteiger partial charge in [-0.2, -0.15) is 0 Å². The second kappa shape index (κ2) is 7.53. The first-order chi connectivity index (χ1) is 9.08. The van der Waals surface area contributed by atoms with Crippen molar-refractivity contribution in [2.75, 3.05) is 33.6 Å². The zero-order valence-electron chi connectivity index (χ0n) is 11.9. The lowest BCUT2D eigenvalue weighted by Crippen LogP contribution is -2.48. The molecule has 0 aliphatic rings. The third-order valence-corrected chi connectivity index (χ3v) is 3.79. The third-order valence-electron chi connectivity index (χ3n) is 3.05. The topological polar surface area (TPSA) is 47.6 Å². The Balaban J connectivity index is 2.97. The maximum Gasteiger partial charge on any atom is 0.330 e. The summed E-state index contributed by atoms with van der Waals surface area (Å²) in [6.45, 7) is 2.93. The number of carbonyl (C=O) groups excluding carboxylic acids is 1. The van der Waals surface area contributed by atoms with Gasteiger partial charge in [-0.05, 0) is 30.9 Å². The van der Waals surface area contributed by atoms with Gasteiger partial charge in [0, 0.05) is 18.6 Å². The highest BCUT2D eigenvalue weighted by Crippen LogP contribution is 2.25. The molecule has 0 aromatic heterocycles. The van der Waals surface area contributed by atoms with Crippen molar-refractivity contribution in [3.05, 3.63) is 29.8 Å². The van der Waals surface area contributed by atoms with Crippen LogP contribution in [0.4, 0.5) is 0 Å². The molecular formula is C14H21NO3S. The van der Waals surface area contributed by atoms with Gasteiger partial charge in [0.15, 0.2) is 0 Å². The van der Waals surface area contributed by atoms with Crippen molar-refractivity contribution >= 4 is 17.7 Å².